The Labute approximate surface area is 148 Å². The lowest BCUT2D eigenvalue weighted by Crippen LogP contribution is -2.27. The fraction of sp³-hybridized carbons (Fsp3) is 0.389. The Hall–Kier alpha value is -2.64. The van der Waals surface area contributed by atoms with E-state index in [1.54, 1.807) is 13.0 Å². The van der Waals surface area contributed by atoms with Crippen molar-refractivity contribution >= 4 is 11.8 Å². The average Bonchev–Trinajstić information content (AvgIpc) is 2.98. The van der Waals surface area contributed by atoms with Crippen LogP contribution in [-0.2, 0) is 22.3 Å². The zero-order valence-electron chi connectivity index (χ0n) is 14.8. The highest BCUT2D eigenvalue weighted by molar-refractivity contribution is 6.01. The summed E-state index contributed by atoms with van der Waals surface area (Å²) in [5, 5.41) is 3.27. The number of nitrogens with zero attached hydrogens (tertiary/aromatic N) is 2. The van der Waals surface area contributed by atoms with Crippen LogP contribution in [0.3, 0.4) is 0 Å². The standard InChI is InChI=1S/C18H19F3N2O3/c1-10-7-12(3)14(8-11(10)2)17(25)13(4)26-16(24)9-23-6-5-15(22-23)18(19,20)21/h5-8,13H,9H2,1-4H3. The predicted octanol–water partition coefficient (Wildman–Crippen LogP) is 3.64. The molecule has 1 unspecified atom stereocenters. The van der Waals surface area contributed by atoms with Gasteiger partial charge in [0.25, 0.3) is 0 Å². The van der Waals surface area contributed by atoms with Crippen molar-refractivity contribution in [2.45, 2.75) is 46.5 Å². The molecule has 0 spiro atoms. The lowest BCUT2D eigenvalue weighted by Gasteiger charge is -2.15. The average molecular weight is 368 g/mol. The van der Waals surface area contributed by atoms with Crippen molar-refractivity contribution < 1.29 is 27.5 Å². The third-order valence-corrected chi connectivity index (χ3v) is 4.01. The number of carbonyl (C=O) groups excluding carboxylic acids is 2. The highest BCUT2D eigenvalue weighted by Crippen LogP contribution is 2.27. The minimum Gasteiger partial charge on any atom is -0.453 e. The van der Waals surface area contributed by atoms with E-state index in [1.807, 2.05) is 19.9 Å². The van der Waals surface area contributed by atoms with Gasteiger partial charge in [-0.1, -0.05) is 6.07 Å². The topological polar surface area (TPSA) is 61.2 Å². The van der Waals surface area contributed by atoms with Gasteiger partial charge in [0.05, 0.1) is 0 Å². The van der Waals surface area contributed by atoms with Gasteiger partial charge in [0.2, 0.25) is 5.78 Å². The molecule has 2 aromatic rings. The van der Waals surface area contributed by atoms with E-state index in [9.17, 15) is 22.8 Å². The number of halogens is 3. The molecule has 26 heavy (non-hydrogen) atoms. The Bertz CT molecular complexity index is 841. The minimum atomic E-state index is -4.58. The number of alkyl halides is 3. The molecule has 8 heteroatoms. The first-order valence-corrected chi connectivity index (χ1v) is 7.91. The number of ether oxygens (including phenoxy) is 1. The van der Waals surface area contributed by atoms with Gasteiger partial charge in [-0.15, -0.1) is 0 Å². The third kappa shape index (κ3) is 4.50. The molecular weight excluding hydrogens is 349 g/mol. The molecule has 1 aromatic heterocycles. The van der Waals surface area contributed by atoms with E-state index in [2.05, 4.69) is 5.10 Å². The highest BCUT2D eigenvalue weighted by Gasteiger charge is 2.33. The van der Waals surface area contributed by atoms with Crippen LogP contribution in [0.4, 0.5) is 13.2 Å². The van der Waals surface area contributed by atoms with Crippen LogP contribution in [0.2, 0.25) is 0 Å². The molecule has 0 amide bonds. The molecule has 0 radical (unpaired) electrons. The summed E-state index contributed by atoms with van der Waals surface area (Å²) in [5.74, 6) is -1.21. The monoisotopic (exact) mass is 368 g/mol. The van der Waals surface area contributed by atoms with Gasteiger partial charge in [-0.25, -0.2) is 0 Å². The number of Topliss-reactive ketones (excluding diaryl/α,β-unsaturated/α-hetero) is 1. The van der Waals surface area contributed by atoms with Gasteiger partial charge in [-0.2, -0.15) is 18.3 Å². The van der Waals surface area contributed by atoms with Gasteiger partial charge in [-0.3, -0.25) is 14.3 Å². The molecule has 2 rings (SSSR count). The molecule has 0 aliphatic rings. The maximum absolute atomic E-state index is 12.5. The van der Waals surface area contributed by atoms with Gasteiger partial charge in [0, 0.05) is 11.8 Å². The van der Waals surface area contributed by atoms with E-state index < -0.39 is 30.5 Å². The molecule has 1 heterocycles. The summed E-state index contributed by atoms with van der Waals surface area (Å²) in [6.45, 7) is 6.51. The van der Waals surface area contributed by atoms with Crippen molar-refractivity contribution in [3.63, 3.8) is 0 Å². The molecule has 0 N–H and O–H groups in total. The summed E-state index contributed by atoms with van der Waals surface area (Å²) in [6.07, 6.45) is -4.61. The zero-order valence-corrected chi connectivity index (χ0v) is 14.8. The van der Waals surface area contributed by atoms with Crippen LogP contribution in [-0.4, -0.2) is 27.6 Å². The highest BCUT2D eigenvalue weighted by atomic mass is 19.4. The van der Waals surface area contributed by atoms with Crippen LogP contribution in [0.15, 0.2) is 24.4 Å². The fourth-order valence-corrected chi connectivity index (χ4v) is 2.47. The maximum Gasteiger partial charge on any atom is 0.435 e. The van der Waals surface area contributed by atoms with E-state index in [4.69, 9.17) is 4.74 Å². The van der Waals surface area contributed by atoms with Gasteiger partial charge in [-0.05, 0) is 56.5 Å². The van der Waals surface area contributed by atoms with Gasteiger partial charge >= 0.3 is 12.1 Å². The van der Waals surface area contributed by atoms with Gasteiger partial charge in [0.1, 0.15) is 6.54 Å². The summed E-state index contributed by atoms with van der Waals surface area (Å²) in [4.78, 5) is 24.4. The normalized spacial score (nSPS) is 12.7. The van der Waals surface area contributed by atoms with E-state index >= 15 is 0 Å². The van der Waals surface area contributed by atoms with Gasteiger partial charge in [0.15, 0.2) is 11.8 Å². The van der Waals surface area contributed by atoms with Crippen molar-refractivity contribution in [3.05, 3.63) is 52.3 Å². The summed E-state index contributed by atoms with van der Waals surface area (Å²) in [7, 11) is 0. The Kier molecular flexibility index (Phi) is 5.53. The lowest BCUT2D eigenvalue weighted by atomic mass is 9.96. The molecule has 0 aliphatic carbocycles. The lowest BCUT2D eigenvalue weighted by molar-refractivity contribution is -0.148. The molecule has 0 saturated heterocycles. The number of ketones is 1. The molecule has 5 nitrogen and oxygen atoms in total. The van der Waals surface area contributed by atoms with Crippen molar-refractivity contribution in [1.29, 1.82) is 0 Å². The minimum absolute atomic E-state index is 0.365. The van der Waals surface area contributed by atoms with Crippen molar-refractivity contribution in [2.24, 2.45) is 0 Å². The zero-order chi connectivity index (χ0) is 19.6. The van der Waals surface area contributed by atoms with Crippen LogP contribution in [0, 0.1) is 20.8 Å². The number of hydrogen-bond acceptors (Lipinski definition) is 4. The second-order valence-corrected chi connectivity index (χ2v) is 6.14. The van der Waals surface area contributed by atoms with Crippen LogP contribution < -0.4 is 0 Å². The molecule has 1 aromatic carbocycles. The molecular formula is C18H19F3N2O3. The molecule has 140 valence electrons. The van der Waals surface area contributed by atoms with Gasteiger partial charge < -0.3 is 4.74 Å². The number of rotatable bonds is 5. The Morgan fingerprint density at radius 1 is 1.15 bits per heavy atom. The number of benzene rings is 1. The maximum atomic E-state index is 12.5. The number of aromatic nitrogens is 2. The summed E-state index contributed by atoms with van der Waals surface area (Å²) >= 11 is 0. The first-order chi connectivity index (χ1) is 12.0. The van der Waals surface area contributed by atoms with Crippen LogP contribution in [0.1, 0.15) is 39.7 Å². The fourth-order valence-electron chi connectivity index (χ4n) is 2.47. The molecule has 0 aliphatic heterocycles. The van der Waals surface area contributed by atoms with Crippen LogP contribution in [0.5, 0.6) is 0 Å². The Morgan fingerprint density at radius 2 is 1.77 bits per heavy atom. The van der Waals surface area contributed by atoms with Crippen LogP contribution >= 0.6 is 0 Å². The molecule has 0 fully saturated rings. The predicted molar refractivity (Wildman–Crippen MR) is 87.8 cm³/mol. The quantitative estimate of drug-likeness (QED) is 0.597. The first kappa shape index (κ1) is 19.7. The second kappa shape index (κ2) is 7.31. The number of aryl methyl sites for hydroxylation is 3. The van der Waals surface area contributed by atoms with Crippen molar-refractivity contribution in [1.82, 2.24) is 9.78 Å². The number of hydrogen-bond donors (Lipinski definition) is 0. The molecule has 0 bridgehead atoms. The molecule has 0 saturated carbocycles. The first-order valence-electron chi connectivity index (χ1n) is 7.91. The van der Waals surface area contributed by atoms with Crippen LogP contribution in [0.25, 0.3) is 0 Å². The smallest absolute Gasteiger partial charge is 0.435 e. The Balaban J connectivity index is 2.04. The number of esters is 1. The van der Waals surface area contributed by atoms with Crippen molar-refractivity contribution in [3.8, 4) is 0 Å². The summed E-state index contributed by atoms with van der Waals surface area (Å²) < 4.78 is 43.4. The largest absolute Gasteiger partial charge is 0.453 e. The number of carbonyl (C=O) groups is 2. The van der Waals surface area contributed by atoms with E-state index in [1.165, 1.54) is 6.92 Å². The Morgan fingerprint density at radius 3 is 2.35 bits per heavy atom. The molecule has 1 atom stereocenters. The second-order valence-electron chi connectivity index (χ2n) is 6.14. The van der Waals surface area contributed by atoms with E-state index in [0.717, 1.165) is 33.6 Å². The summed E-state index contributed by atoms with van der Waals surface area (Å²) in [6, 6.07) is 4.38. The summed E-state index contributed by atoms with van der Waals surface area (Å²) in [5.41, 5.74) is 2.10. The van der Waals surface area contributed by atoms with E-state index in [0.29, 0.717) is 5.56 Å². The van der Waals surface area contributed by atoms with Crippen molar-refractivity contribution in [2.75, 3.05) is 0 Å². The third-order valence-electron chi connectivity index (χ3n) is 4.01. The SMILES string of the molecule is Cc1cc(C)c(C(=O)C(C)OC(=O)Cn2ccc(C(F)(F)F)n2)cc1C. The van der Waals surface area contributed by atoms with E-state index in [-0.39, 0.29) is 5.78 Å².